The number of piperazine rings is 1. The summed E-state index contributed by atoms with van der Waals surface area (Å²) in [5, 5.41) is 3.91. The number of para-hydroxylation sites is 1. The average Bonchev–Trinajstić information content (AvgIpc) is 3.33. The molecule has 43 heavy (non-hydrogen) atoms. The summed E-state index contributed by atoms with van der Waals surface area (Å²) in [6, 6.07) is 15.8. The van der Waals surface area contributed by atoms with Crippen molar-refractivity contribution in [2.24, 2.45) is 0 Å². The molecule has 3 aromatic rings. The third kappa shape index (κ3) is 6.62. The second-order valence-corrected chi connectivity index (χ2v) is 12.3. The van der Waals surface area contributed by atoms with E-state index in [0.29, 0.717) is 43.0 Å². The van der Waals surface area contributed by atoms with Gasteiger partial charge in [0, 0.05) is 73.9 Å². The monoisotopic (exact) mass is 585 g/mol. The number of esters is 1. The van der Waals surface area contributed by atoms with Gasteiger partial charge in [-0.15, -0.1) is 0 Å². The normalized spacial score (nSPS) is 16.9. The van der Waals surface area contributed by atoms with Gasteiger partial charge in [-0.2, -0.15) is 0 Å². The lowest BCUT2D eigenvalue weighted by Crippen LogP contribution is -2.52. The molecule has 228 valence electrons. The Hall–Kier alpha value is -4.11. The summed E-state index contributed by atoms with van der Waals surface area (Å²) >= 11 is 0. The predicted octanol–water partition coefficient (Wildman–Crippen LogP) is 4.78. The smallest absolute Gasteiger partial charge is 0.342 e. The number of urea groups is 1. The lowest BCUT2D eigenvalue weighted by molar-refractivity contribution is -0.140. The fourth-order valence-electron chi connectivity index (χ4n) is 6.13. The highest BCUT2D eigenvalue weighted by Crippen LogP contribution is 2.40. The maximum Gasteiger partial charge on any atom is 0.342 e. The summed E-state index contributed by atoms with van der Waals surface area (Å²) in [6.45, 7) is 14.7. The number of benzene rings is 2. The van der Waals surface area contributed by atoms with Crippen LogP contribution in [0.2, 0.25) is 0 Å². The highest BCUT2D eigenvalue weighted by molar-refractivity contribution is 6.18. The fraction of sp³-hybridized carbons (Fsp3) is 0.441. The van der Waals surface area contributed by atoms with E-state index in [2.05, 4.69) is 35.1 Å². The maximum absolute atomic E-state index is 14.0. The van der Waals surface area contributed by atoms with E-state index in [4.69, 9.17) is 4.74 Å². The molecule has 2 N–H and O–H groups in total. The molecule has 1 saturated heterocycles. The van der Waals surface area contributed by atoms with Crippen LogP contribution in [0.4, 0.5) is 4.79 Å². The first kappa shape index (κ1) is 30.4. The number of fused-ring (bicyclic) bond motifs is 3. The lowest BCUT2D eigenvalue weighted by atomic mass is 9.81. The molecule has 2 aromatic carbocycles. The summed E-state index contributed by atoms with van der Waals surface area (Å²) in [6.07, 6.45) is 2.16. The Morgan fingerprint density at radius 2 is 1.77 bits per heavy atom. The van der Waals surface area contributed by atoms with E-state index in [1.54, 1.807) is 11.1 Å². The second kappa shape index (κ2) is 12.6. The Kier molecular flexibility index (Phi) is 8.92. The van der Waals surface area contributed by atoms with Gasteiger partial charge >= 0.3 is 12.0 Å². The quantitative estimate of drug-likeness (QED) is 0.389. The molecule has 0 radical (unpaired) electrons. The van der Waals surface area contributed by atoms with Crippen LogP contribution in [-0.2, 0) is 21.4 Å². The van der Waals surface area contributed by atoms with E-state index < -0.39 is 11.4 Å². The van der Waals surface area contributed by atoms with Crippen molar-refractivity contribution < 1.29 is 19.1 Å². The molecule has 3 amide bonds. The van der Waals surface area contributed by atoms with Gasteiger partial charge in [0.15, 0.2) is 0 Å². The van der Waals surface area contributed by atoms with E-state index in [0.717, 1.165) is 48.1 Å². The fourth-order valence-corrected chi connectivity index (χ4v) is 6.13. The topological polar surface area (TPSA) is 98.0 Å². The molecule has 0 spiro atoms. The number of H-pyrrole nitrogens is 1. The molecule has 2 aliphatic rings. The van der Waals surface area contributed by atoms with E-state index in [1.807, 2.05) is 68.1 Å². The Morgan fingerprint density at radius 3 is 2.49 bits per heavy atom. The van der Waals surface area contributed by atoms with Crippen molar-refractivity contribution >= 4 is 34.4 Å². The van der Waals surface area contributed by atoms with Gasteiger partial charge in [0.25, 0.3) is 5.91 Å². The third-order valence-electron chi connectivity index (χ3n) is 8.20. The number of amides is 3. The Morgan fingerprint density at radius 1 is 1.02 bits per heavy atom. The van der Waals surface area contributed by atoms with E-state index in [9.17, 15) is 14.4 Å². The minimum absolute atomic E-state index is 0.000138. The number of aromatic amines is 1. The van der Waals surface area contributed by atoms with Gasteiger partial charge in [-0.25, -0.2) is 9.59 Å². The predicted molar refractivity (Wildman–Crippen MR) is 169 cm³/mol. The molecule has 0 bridgehead atoms. The zero-order chi connectivity index (χ0) is 30.7. The standard InChI is InChI=1S/C34H43N5O4/c1-6-35-33(42)38-18-16-37(17-19-38)15-14-24-10-9-11-25(20-24)31(40)39-21-27(32(41)43-23(2)3)30-29(34(4,5)22-39)26-12-7-8-13-28(26)36-30/h7-13,20-21,23,36H,6,14-19,22H2,1-5H3,(H,35,42). The second-order valence-electron chi connectivity index (χ2n) is 12.3. The van der Waals surface area contributed by atoms with Crippen LogP contribution in [-0.4, -0.2) is 89.5 Å². The number of hydrogen-bond donors (Lipinski definition) is 2. The van der Waals surface area contributed by atoms with Crippen molar-refractivity contribution in [1.82, 2.24) is 25.0 Å². The third-order valence-corrected chi connectivity index (χ3v) is 8.20. The minimum Gasteiger partial charge on any atom is -0.459 e. The largest absolute Gasteiger partial charge is 0.459 e. The zero-order valence-corrected chi connectivity index (χ0v) is 25.9. The van der Waals surface area contributed by atoms with Crippen molar-refractivity contribution in [1.29, 1.82) is 0 Å². The van der Waals surface area contributed by atoms with Crippen molar-refractivity contribution in [2.45, 2.75) is 52.6 Å². The minimum atomic E-state index is -0.459. The average molecular weight is 586 g/mol. The van der Waals surface area contributed by atoms with Crippen LogP contribution < -0.4 is 5.32 Å². The summed E-state index contributed by atoms with van der Waals surface area (Å²) < 4.78 is 5.65. The summed E-state index contributed by atoms with van der Waals surface area (Å²) in [7, 11) is 0. The van der Waals surface area contributed by atoms with Gasteiger partial charge in [0.1, 0.15) is 0 Å². The summed E-state index contributed by atoms with van der Waals surface area (Å²) in [5.74, 6) is -0.617. The van der Waals surface area contributed by atoms with Crippen molar-refractivity contribution in [3.8, 4) is 0 Å². The molecule has 0 unspecified atom stereocenters. The number of nitrogens with one attached hydrogen (secondary N) is 2. The Bertz CT molecular complexity index is 1530. The van der Waals surface area contributed by atoms with Crippen LogP contribution >= 0.6 is 0 Å². The Balaban J connectivity index is 1.36. The van der Waals surface area contributed by atoms with E-state index >= 15 is 0 Å². The molecule has 5 rings (SSSR count). The number of rotatable bonds is 7. The van der Waals surface area contributed by atoms with Gasteiger partial charge in [-0.1, -0.05) is 44.2 Å². The SMILES string of the molecule is CCNC(=O)N1CCN(CCc2cccc(C(=O)N3C=C(C(=O)OC(C)C)c4[nH]c5ccccc5c4C(C)(C)C3)c2)CC1. The molecule has 9 heteroatoms. The Labute approximate surface area is 253 Å². The first-order valence-electron chi connectivity index (χ1n) is 15.3. The molecule has 3 heterocycles. The van der Waals surface area contributed by atoms with Gasteiger partial charge in [0.05, 0.1) is 17.4 Å². The van der Waals surface area contributed by atoms with Crippen LogP contribution in [0, 0.1) is 0 Å². The summed E-state index contributed by atoms with van der Waals surface area (Å²) in [4.78, 5) is 48.9. The molecule has 0 atom stereocenters. The van der Waals surface area contributed by atoms with Crippen LogP contribution in [0.5, 0.6) is 0 Å². The number of carbonyl (C=O) groups is 3. The highest BCUT2D eigenvalue weighted by atomic mass is 16.5. The van der Waals surface area contributed by atoms with E-state index in [-0.39, 0.29) is 18.0 Å². The van der Waals surface area contributed by atoms with Crippen LogP contribution in [0.25, 0.3) is 16.5 Å². The maximum atomic E-state index is 14.0. The molecule has 9 nitrogen and oxygen atoms in total. The molecular weight excluding hydrogens is 542 g/mol. The number of nitrogens with zero attached hydrogens (tertiary/aromatic N) is 3. The molecule has 2 aliphatic heterocycles. The van der Waals surface area contributed by atoms with Gasteiger partial charge < -0.3 is 24.8 Å². The number of ether oxygens (including phenoxy) is 1. The van der Waals surface area contributed by atoms with Crippen LogP contribution in [0.1, 0.15) is 61.8 Å². The summed E-state index contributed by atoms with van der Waals surface area (Å²) in [5.41, 5.74) is 4.21. The molecule has 0 aliphatic carbocycles. The van der Waals surface area contributed by atoms with Crippen molar-refractivity contribution in [3.63, 3.8) is 0 Å². The number of aromatic nitrogens is 1. The first-order valence-corrected chi connectivity index (χ1v) is 15.3. The van der Waals surface area contributed by atoms with Gasteiger partial charge in [-0.05, 0) is 56.5 Å². The van der Waals surface area contributed by atoms with Crippen molar-refractivity contribution in [2.75, 3.05) is 45.8 Å². The molecule has 1 aromatic heterocycles. The van der Waals surface area contributed by atoms with Gasteiger partial charge in [-0.3, -0.25) is 9.69 Å². The van der Waals surface area contributed by atoms with Crippen molar-refractivity contribution in [3.05, 3.63) is 77.1 Å². The molecule has 1 fully saturated rings. The van der Waals surface area contributed by atoms with Crippen LogP contribution in [0.3, 0.4) is 0 Å². The highest BCUT2D eigenvalue weighted by Gasteiger charge is 2.37. The van der Waals surface area contributed by atoms with Gasteiger partial charge in [0.2, 0.25) is 0 Å². The first-order chi connectivity index (χ1) is 20.6. The number of hydrogen-bond acceptors (Lipinski definition) is 5. The zero-order valence-electron chi connectivity index (χ0n) is 25.9. The van der Waals surface area contributed by atoms with E-state index in [1.165, 1.54) is 0 Å². The molecular formula is C34H43N5O4. The van der Waals surface area contributed by atoms with Crippen LogP contribution in [0.15, 0.2) is 54.7 Å². The number of carbonyl (C=O) groups excluding carboxylic acids is 3. The lowest BCUT2D eigenvalue weighted by Gasteiger charge is -2.34. The molecule has 0 saturated carbocycles.